The number of carbonyl (C=O) groups excluding carboxylic acids is 2. The molecular weight excluding hydrogens is 492 g/mol. The average Bonchev–Trinajstić information content (AvgIpc) is 2.71. The lowest BCUT2D eigenvalue weighted by Crippen LogP contribution is -2.44. The number of nitrogens with one attached hydrogen (secondary N) is 2. The molecule has 0 aliphatic heterocycles. The molecule has 0 aromatic heterocycles. The predicted octanol–water partition coefficient (Wildman–Crippen LogP) is 3.66. The fourth-order valence-corrected chi connectivity index (χ4v) is 4.48. The fraction of sp³-hybridized carbons (Fsp3) is 0.300. The molecule has 2 aromatic rings. The van der Waals surface area contributed by atoms with Gasteiger partial charge in [-0.1, -0.05) is 22.0 Å². The lowest BCUT2D eigenvalue weighted by atomic mass is 10.2. The smallest absolute Gasteiger partial charge is 0.338 e. The summed E-state index contributed by atoms with van der Waals surface area (Å²) in [6.07, 6.45) is 2.18. The van der Waals surface area contributed by atoms with Crippen LogP contribution < -0.4 is 10.0 Å². The van der Waals surface area contributed by atoms with E-state index in [9.17, 15) is 18.0 Å². The topological polar surface area (TPSA) is 102 Å². The molecule has 0 aliphatic rings. The zero-order valence-electron chi connectivity index (χ0n) is 16.6. The van der Waals surface area contributed by atoms with Crippen molar-refractivity contribution in [1.82, 2.24) is 4.72 Å². The number of esters is 1. The van der Waals surface area contributed by atoms with Crippen LogP contribution in [0.15, 0.2) is 57.9 Å². The molecule has 0 radical (unpaired) electrons. The number of benzene rings is 2. The normalized spacial score (nSPS) is 12.2. The van der Waals surface area contributed by atoms with Crippen molar-refractivity contribution in [2.24, 2.45) is 0 Å². The van der Waals surface area contributed by atoms with Gasteiger partial charge in [-0.15, -0.1) is 0 Å². The zero-order chi connectivity index (χ0) is 22.1. The van der Waals surface area contributed by atoms with Crippen LogP contribution in [0.3, 0.4) is 0 Å². The maximum absolute atomic E-state index is 12.8. The molecule has 2 aromatic carbocycles. The van der Waals surface area contributed by atoms with Gasteiger partial charge in [0, 0.05) is 10.2 Å². The van der Waals surface area contributed by atoms with Gasteiger partial charge in [-0.3, -0.25) is 4.79 Å². The van der Waals surface area contributed by atoms with Gasteiger partial charge in [-0.2, -0.15) is 16.5 Å². The molecule has 2 N–H and O–H groups in total. The van der Waals surface area contributed by atoms with Crippen molar-refractivity contribution in [3.63, 3.8) is 0 Å². The van der Waals surface area contributed by atoms with Gasteiger partial charge < -0.3 is 10.1 Å². The van der Waals surface area contributed by atoms with Crippen LogP contribution in [-0.4, -0.2) is 45.0 Å². The van der Waals surface area contributed by atoms with Crippen LogP contribution in [0.4, 0.5) is 5.69 Å². The number of hydrogen-bond donors (Lipinski definition) is 2. The van der Waals surface area contributed by atoms with Crippen LogP contribution >= 0.6 is 27.7 Å². The Labute approximate surface area is 189 Å². The third kappa shape index (κ3) is 7.12. The molecule has 2 rings (SSSR count). The van der Waals surface area contributed by atoms with Gasteiger partial charge in [-0.25, -0.2) is 13.2 Å². The third-order valence-corrected chi connectivity index (χ3v) is 6.65. The molecule has 0 spiro atoms. The van der Waals surface area contributed by atoms with E-state index >= 15 is 0 Å². The molecule has 0 heterocycles. The fourth-order valence-electron chi connectivity index (χ4n) is 2.52. The Bertz CT molecular complexity index is 981. The summed E-state index contributed by atoms with van der Waals surface area (Å²) in [6, 6.07) is 11.5. The molecule has 7 nitrogen and oxygen atoms in total. The highest BCUT2D eigenvalue weighted by Gasteiger charge is 2.25. The van der Waals surface area contributed by atoms with Crippen molar-refractivity contribution < 1.29 is 22.7 Å². The van der Waals surface area contributed by atoms with Crippen molar-refractivity contribution >= 4 is 55.3 Å². The third-order valence-electron chi connectivity index (χ3n) is 3.99. The molecule has 10 heteroatoms. The first-order valence-corrected chi connectivity index (χ1v) is 12.8. The molecular formula is C20H23BrN2O5S2. The minimum Gasteiger partial charge on any atom is -0.462 e. The van der Waals surface area contributed by atoms with E-state index in [4.69, 9.17) is 4.74 Å². The van der Waals surface area contributed by atoms with Gasteiger partial charge in [0.15, 0.2) is 0 Å². The largest absolute Gasteiger partial charge is 0.462 e. The van der Waals surface area contributed by atoms with Crippen LogP contribution in [-0.2, 0) is 19.6 Å². The minimum atomic E-state index is -3.89. The molecule has 0 aliphatic carbocycles. The Morgan fingerprint density at radius 1 is 1.17 bits per heavy atom. The maximum Gasteiger partial charge on any atom is 0.338 e. The summed E-state index contributed by atoms with van der Waals surface area (Å²) in [5.74, 6) is -0.418. The van der Waals surface area contributed by atoms with E-state index in [1.807, 2.05) is 6.26 Å². The number of hydrogen-bond acceptors (Lipinski definition) is 6. The highest BCUT2D eigenvalue weighted by Crippen LogP contribution is 2.17. The standard InChI is InChI=1S/C20H23BrN2O5S2/c1-3-28-20(25)14-5-4-6-16(13-14)22-19(24)18(11-12-29-2)23-30(26,27)17-9-7-15(21)8-10-17/h4-10,13,18,23H,3,11-12H2,1-2H3,(H,22,24)/t18-/m0/s1. The van der Waals surface area contributed by atoms with Crippen molar-refractivity contribution in [2.75, 3.05) is 23.9 Å². The molecule has 0 fully saturated rings. The average molecular weight is 515 g/mol. The summed E-state index contributed by atoms with van der Waals surface area (Å²) >= 11 is 4.78. The summed E-state index contributed by atoms with van der Waals surface area (Å²) in [5.41, 5.74) is 0.674. The van der Waals surface area contributed by atoms with Gasteiger partial charge in [0.1, 0.15) is 6.04 Å². The van der Waals surface area contributed by atoms with Gasteiger partial charge >= 0.3 is 5.97 Å². The van der Waals surface area contributed by atoms with Crippen LogP contribution in [0, 0.1) is 0 Å². The molecule has 0 bridgehead atoms. The highest BCUT2D eigenvalue weighted by atomic mass is 79.9. The number of sulfonamides is 1. The predicted molar refractivity (Wildman–Crippen MR) is 122 cm³/mol. The van der Waals surface area contributed by atoms with E-state index in [0.29, 0.717) is 23.4 Å². The Hall–Kier alpha value is -1.88. The first-order chi connectivity index (χ1) is 14.3. The summed E-state index contributed by atoms with van der Waals surface area (Å²) in [6.45, 7) is 1.95. The number of halogens is 1. The SMILES string of the molecule is CCOC(=O)c1cccc(NC(=O)[C@H](CCSC)NS(=O)(=O)c2ccc(Br)cc2)c1. The summed E-state index contributed by atoms with van der Waals surface area (Å²) in [7, 11) is -3.89. The van der Waals surface area contributed by atoms with Gasteiger partial charge in [-0.05, 0) is 67.8 Å². The Kier molecular flexibility index (Phi) is 9.35. The minimum absolute atomic E-state index is 0.0666. The van der Waals surface area contributed by atoms with E-state index in [2.05, 4.69) is 26.0 Å². The number of rotatable bonds is 10. The van der Waals surface area contributed by atoms with Crippen molar-refractivity contribution in [1.29, 1.82) is 0 Å². The molecule has 0 saturated carbocycles. The molecule has 1 amide bonds. The molecule has 0 unspecified atom stereocenters. The monoisotopic (exact) mass is 514 g/mol. The summed E-state index contributed by atoms with van der Waals surface area (Å²) in [4.78, 5) is 24.8. The zero-order valence-corrected chi connectivity index (χ0v) is 19.8. The maximum atomic E-state index is 12.8. The first-order valence-electron chi connectivity index (χ1n) is 9.11. The van der Waals surface area contributed by atoms with Gasteiger partial charge in [0.05, 0.1) is 17.1 Å². The van der Waals surface area contributed by atoms with E-state index in [-0.39, 0.29) is 11.5 Å². The number of carbonyl (C=O) groups is 2. The Morgan fingerprint density at radius 3 is 2.50 bits per heavy atom. The highest BCUT2D eigenvalue weighted by molar-refractivity contribution is 9.10. The number of thioether (sulfide) groups is 1. The van der Waals surface area contributed by atoms with Crippen molar-refractivity contribution in [2.45, 2.75) is 24.3 Å². The summed E-state index contributed by atoms with van der Waals surface area (Å²) < 4.78 is 33.6. The number of ether oxygens (including phenoxy) is 1. The second-order valence-corrected chi connectivity index (χ2v) is 9.82. The van der Waals surface area contributed by atoms with Gasteiger partial charge in [0.25, 0.3) is 0 Å². The Morgan fingerprint density at radius 2 is 1.87 bits per heavy atom. The Balaban J connectivity index is 2.18. The van der Waals surface area contributed by atoms with E-state index < -0.39 is 27.9 Å². The first kappa shape index (κ1) is 24.4. The molecule has 1 atom stereocenters. The lowest BCUT2D eigenvalue weighted by Gasteiger charge is -2.18. The van der Waals surface area contributed by atoms with Crippen LogP contribution in [0.5, 0.6) is 0 Å². The van der Waals surface area contributed by atoms with E-state index in [1.54, 1.807) is 37.3 Å². The van der Waals surface area contributed by atoms with E-state index in [0.717, 1.165) is 4.47 Å². The van der Waals surface area contributed by atoms with Crippen molar-refractivity contribution in [3.8, 4) is 0 Å². The van der Waals surface area contributed by atoms with E-state index in [1.165, 1.54) is 30.0 Å². The quantitative estimate of drug-likeness (QED) is 0.469. The van der Waals surface area contributed by atoms with Crippen LogP contribution in [0.1, 0.15) is 23.7 Å². The van der Waals surface area contributed by atoms with Crippen LogP contribution in [0.25, 0.3) is 0 Å². The second kappa shape index (κ2) is 11.5. The lowest BCUT2D eigenvalue weighted by molar-refractivity contribution is -0.117. The number of amides is 1. The second-order valence-electron chi connectivity index (χ2n) is 6.20. The summed E-state index contributed by atoms with van der Waals surface area (Å²) in [5, 5.41) is 2.68. The molecule has 0 saturated heterocycles. The molecule has 162 valence electrons. The number of anilines is 1. The van der Waals surface area contributed by atoms with Gasteiger partial charge in [0.2, 0.25) is 15.9 Å². The van der Waals surface area contributed by atoms with Crippen LogP contribution in [0.2, 0.25) is 0 Å². The van der Waals surface area contributed by atoms with Crippen molar-refractivity contribution in [3.05, 3.63) is 58.6 Å². The molecule has 30 heavy (non-hydrogen) atoms.